The van der Waals surface area contributed by atoms with Gasteiger partial charge in [0, 0.05) is 21.7 Å². The van der Waals surface area contributed by atoms with Crippen molar-refractivity contribution < 1.29 is 14.3 Å². The number of ketones is 1. The van der Waals surface area contributed by atoms with E-state index in [1.807, 2.05) is 0 Å². The second-order valence-corrected chi connectivity index (χ2v) is 8.02. The molecule has 168 valence electrons. The lowest BCUT2D eigenvalue weighted by molar-refractivity contribution is 0.0971. The lowest BCUT2D eigenvalue weighted by Gasteiger charge is -2.16. The van der Waals surface area contributed by atoms with E-state index in [9.17, 15) is 14.4 Å². The summed E-state index contributed by atoms with van der Waals surface area (Å²) in [7, 11) is 2.89. The molecule has 0 bridgehead atoms. The average molecular weight is 485 g/mol. The third-order valence-corrected chi connectivity index (χ3v) is 5.67. The Hall–Kier alpha value is -3.55. The lowest BCUT2D eigenvalue weighted by Crippen LogP contribution is -2.40. The van der Waals surface area contributed by atoms with Crippen molar-refractivity contribution in [3.05, 3.63) is 97.1 Å². The highest BCUT2D eigenvalue weighted by Crippen LogP contribution is 2.30. The number of methoxy groups -OCH3 is 2. The molecule has 0 atom stereocenters. The summed E-state index contributed by atoms with van der Waals surface area (Å²) in [6.45, 7) is -0.312. The van der Waals surface area contributed by atoms with Gasteiger partial charge in [-0.3, -0.25) is 14.2 Å². The Morgan fingerprint density at radius 2 is 1.55 bits per heavy atom. The second kappa shape index (κ2) is 9.13. The zero-order valence-corrected chi connectivity index (χ0v) is 19.2. The molecule has 0 N–H and O–H groups in total. The minimum atomic E-state index is -0.690. The van der Waals surface area contributed by atoms with Crippen LogP contribution in [0.3, 0.4) is 0 Å². The third-order valence-electron chi connectivity index (χ3n) is 5.18. The molecule has 0 aliphatic heterocycles. The quantitative estimate of drug-likeness (QED) is 0.380. The Bertz CT molecular complexity index is 1490. The molecule has 7 nitrogen and oxygen atoms in total. The smallest absolute Gasteiger partial charge is 0.336 e. The SMILES string of the molecule is COc1cc2c(=O)n(-c3cccc(Cl)c3)c(=O)n(CC(=O)c3ccc(Cl)cc3)c2cc1OC. The minimum Gasteiger partial charge on any atom is -0.493 e. The number of rotatable bonds is 6. The van der Waals surface area contributed by atoms with Gasteiger partial charge in [0.1, 0.15) is 0 Å². The summed E-state index contributed by atoms with van der Waals surface area (Å²) in [6, 6.07) is 15.7. The Morgan fingerprint density at radius 3 is 2.18 bits per heavy atom. The molecule has 0 unspecified atom stereocenters. The topological polar surface area (TPSA) is 79.5 Å². The van der Waals surface area contributed by atoms with E-state index in [-0.39, 0.29) is 28.9 Å². The van der Waals surface area contributed by atoms with Gasteiger partial charge in [0.15, 0.2) is 17.3 Å². The number of ether oxygens (including phenoxy) is 2. The fourth-order valence-corrected chi connectivity index (χ4v) is 3.87. The van der Waals surface area contributed by atoms with Gasteiger partial charge in [0.2, 0.25) is 0 Å². The molecular formula is C24H18Cl2N2O5. The molecule has 0 spiro atoms. The predicted molar refractivity (Wildman–Crippen MR) is 128 cm³/mol. The molecule has 1 aromatic heterocycles. The van der Waals surface area contributed by atoms with Gasteiger partial charge in [-0.15, -0.1) is 0 Å². The number of Topliss-reactive ketones (excluding diaryl/α,β-unsaturated/α-hetero) is 1. The molecular weight excluding hydrogens is 467 g/mol. The predicted octanol–water partition coefficient (Wildman–Crippen LogP) is 4.36. The molecule has 9 heteroatoms. The summed E-state index contributed by atoms with van der Waals surface area (Å²) < 4.78 is 12.9. The van der Waals surface area contributed by atoms with Crippen LogP contribution in [0.4, 0.5) is 0 Å². The first-order valence-electron chi connectivity index (χ1n) is 9.80. The van der Waals surface area contributed by atoms with Crippen LogP contribution in [0.2, 0.25) is 10.0 Å². The Labute approximate surface area is 198 Å². The van der Waals surface area contributed by atoms with E-state index in [1.165, 1.54) is 37.0 Å². The summed E-state index contributed by atoms with van der Waals surface area (Å²) in [5, 5.41) is 1.02. The molecule has 0 saturated carbocycles. The van der Waals surface area contributed by atoms with E-state index in [2.05, 4.69) is 0 Å². The standard InChI is InChI=1S/C24H18Cl2N2O5/c1-32-21-11-18-19(12-22(21)33-2)27(13-20(29)14-6-8-15(25)9-7-14)24(31)28(23(18)30)17-5-3-4-16(26)10-17/h3-12H,13H2,1-2H3. The maximum Gasteiger partial charge on any atom is 0.336 e. The average Bonchev–Trinajstić information content (AvgIpc) is 2.81. The van der Waals surface area contributed by atoms with E-state index >= 15 is 0 Å². The van der Waals surface area contributed by atoms with Crippen LogP contribution in [-0.2, 0) is 6.54 Å². The number of benzene rings is 3. The molecule has 0 amide bonds. The molecule has 4 aromatic rings. The van der Waals surface area contributed by atoms with Crippen molar-refractivity contribution in [3.8, 4) is 17.2 Å². The Kier molecular flexibility index (Phi) is 6.26. The molecule has 4 rings (SSSR count). The van der Waals surface area contributed by atoms with Gasteiger partial charge in [0.05, 0.1) is 37.4 Å². The number of fused-ring (bicyclic) bond motifs is 1. The number of halogens is 2. The highest BCUT2D eigenvalue weighted by atomic mass is 35.5. The van der Waals surface area contributed by atoms with E-state index in [4.69, 9.17) is 32.7 Å². The van der Waals surface area contributed by atoms with Gasteiger partial charge in [-0.2, -0.15) is 0 Å². The highest BCUT2D eigenvalue weighted by Gasteiger charge is 2.20. The van der Waals surface area contributed by atoms with Gasteiger partial charge in [-0.05, 0) is 48.5 Å². The van der Waals surface area contributed by atoms with Crippen LogP contribution in [0.1, 0.15) is 10.4 Å². The van der Waals surface area contributed by atoms with Crippen molar-refractivity contribution in [1.29, 1.82) is 0 Å². The summed E-state index contributed by atoms with van der Waals surface area (Å²) in [4.78, 5) is 39.9. The monoisotopic (exact) mass is 484 g/mol. The van der Waals surface area contributed by atoms with E-state index in [0.29, 0.717) is 27.1 Å². The molecule has 0 radical (unpaired) electrons. The molecule has 3 aromatic carbocycles. The van der Waals surface area contributed by atoms with Crippen LogP contribution in [0.15, 0.2) is 70.3 Å². The molecule has 33 heavy (non-hydrogen) atoms. The van der Waals surface area contributed by atoms with Crippen molar-refractivity contribution in [3.63, 3.8) is 0 Å². The zero-order chi connectivity index (χ0) is 23.7. The van der Waals surface area contributed by atoms with E-state index in [0.717, 1.165) is 4.57 Å². The second-order valence-electron chi connectivity index (χ2n) is 7.14. The summed E-state index contributed by atoms with van der Waals surface area (Å²) in [5.74, 6) is 0.298. The van der Waals surface area contributed by atoms with Crippen LogP contribution in [-0.4, -0.2) is 29.1 Å². The van der Waals surface area contributed by atoms with Crippen LogP contribution >= 0.6 is 23.2 Å². The van der Waals surface area contributed by atoms with Crippen LogP contribution in [0.5, 0.6) is 11.5 Å². The molecule has 1 heterocycles. The van der Waals surface area contributed by atoms with Crippen molar-refractivity contribution in [1.82, 2.24) is 9.13 Å². The van der Waals surface area contributed by atoms with Crippen molar-refractivity contribution in [2.24, 2.45) is 0 Å². The molecule has 0 aliphatic carbocycles. The van der Waals surface area contributed by atoms with Gasteiger partial charge in [0.25, 0.3) is 5.56 Å². The van der Waals surface area contributed by atoms with Crippen molar-refractivity contribution in [2.75, 3.05) is 14.2 Å². The van der Waals surface area contributed by atoms with Crippen LogP contribution < -0.4 is 20.7 Å². The molecule has 0 fully saturated rings. The van der Waals surface area contributed by atoms with Gasteiger partial charge >= 0.3 is 5.69 Å². The fraction of sp³-hybridized carbons (Fsp3) is 0.125. The Balaban J connectivity index is 2.02. The number of nitrogens with zero attached hydrogens (tertiary/aromatic N) is 2. The van der Waals surface area contributed by atoms with Crippen LogP contribution in [0, 0.1) is 0 Å². The van der Waals surface area contributed by atoms with E-state index < -0.39 is 11.2 Å². The van der Waals surface area contributed by atoms with E-state index in [1.54, 1.807) is 42.5 Å². The summed E-state index contributed by atoms with van der Waals surface area (Å²) >= 11 is 12.0. The first-order chi connectivity index (χ1) is 15.8. The van der Waals surface area contributed by atoms with Gasteiger partial charge in [-0.1, -0.05) is 29.3 Å². The number of aromatic nitrogens is 2. The summed E-state index contributed by atoms with van der Waals surface area (Å²) in [6.07, 6.45) is 0. The largest absolute Gasteiger partial charge is 0.493 e. The highest BCUT2D eigenvalue weighted by molar-refractivity contribution is 6.31. The first-order valence-corrected chi connectivity index (χ1v) is 10.6. The number of carbonyl (C=O) groups is 1. The third kappa shape index (κ3) is 4.25. The van der Waals surface area contributed by atoms with Gasteiger partial charge in [-0.25, -0.2) is 9.36 Å². The number of hydrogen-bond acceptors (Lipinski definition) is 5. The fourth-order valence-electron chi connectivity index (χ4n) is 3.56. The Morgan fingerprint density at radius 1 is 0.879 bits per heavy atom. The maximum absolute atomic E-state index is 13.5. The molecule has 0 aliphatic rings. The zero-order valence-electron chi connectivity index (χ0n) is 17.7. The van der Waals surface area contributed by atoms with Gasteiger partial charge < -0.3 is 9.47 Å². The maximum atomic E-state index is 13.5. The van der Waals surface area contributed by atoms with Crippen molar-refractivity contribution >= 4 is 39.9 Å². The normalized spacial score (nSPS) is 10.9. The number of hydrogen-bond donors (Lipinski definition) is 0. The number of carbonyl (C=O) groups excluding carboxylic acids is 1. The lowest BCUT2D eigenvalue weighted by atomic mass is 10.1. The van der Waals surface area contributed by atoms with Crippen molar-refractivity contribution in [2.45, 2.75) is 6.54 Å². The molecule has 0 saturated heterocycles. The minimum absolute atomic E-state index is 0.177. The summed E-state index contributed by atoms with van der Waals surface area (Å²) in [5.41, 5.74) is -0.372. The first kappa shape index (κ1) is 22.6. The van der Waals surface area contributed by atoms with Crippen LogP contribution in [0.25, 0.3) is 16.6 Å².